The molecule has 1 aromatic carbocycles. The first-order chi connectivity index (χ1) is 17.5. The lowest BCUT2D eigenvalue weighted by Gasteiger charge is -2.51. The number of aromatic nitrogens is 1. The lowest BCUT2D eigenvalue weighted by molar-refractivity contribution is -0.156. The van der Waals surface area contributed by atoms with Crippen LogP contribution in [0, 0.1) is 11.3 Å². The first-order valence-electron chi connectivity index (χ1n) is 13.3. The number of piperidine rings is 1. The van der Waals surface area contributed by atoms with E-state index in [0.717, 1.165) is 24.1 Å². The third-order valence-corrected chi connectivity index (χ3v) is 9.26. The zero-order chi connectivity index (χ0) is 26.8. The molecule has 2 heterocycles. The van der Waals surface area contributed by atoms with Crippen molar-refractivity contribution in [2.75, 3.05) is 18.4 Å². The number of rotatable bonds is 8. The molecule has 2 fully saturated rings. The molecule has 2 aliphatic rings. The van der Waals surface area contributed by atoms with Gasteiger partial charge in [-0.2, -0.15) is 0 Å². The fourth-order valence-electron chi connectivity index (χ4n) is 5.56. The summed E-state index contributed by atoms with van der Waals surface area (Å²) in [7, 11) is 0. The molecule has 0 spiro atoms. The molecule has 1 aliphatic carbocycles. The van der Waals surface area contributed by atoms with Crippen molar-refractivity contribution in [3.63, 3.8) is 0 Å². The lowest BCUT2D eigenvalue weighted by atomic mass is 9.66. The fraction of sp³-hybridized carbons (Fsp3) is 0.607. The molecule has 0 radical (unpaired) electrons. The van der Waals surface area contributed by atoms with Gasteiger partial charge in [-0.1, -0.05) is 57.3 Å². The summed E-state index contributed by atoms with van der Waals surface area (Å²) in [6, 6.07) is 7.50. The molecule has 0 bridgehead atoms. The van der Waals surface area contributed by atoms with Crippen molar-refractivity contribution in [3.8, 4) is 0 Å². The average Bonchev–Trinajstić information content (AvgIpc) is 3.52. The molecule has 1 aromatic heterocycles. The van der Waals surface area contributed by atoms with Crippen LogP contribution >= 0.6 is 22.9 Å². The van der Waals surface area contributed by atoms with Crippen molar-refractivity contribution in [1.82, 2.24) is 15.2 Å². The van der Waals surface area contributed by atoms with Crippen LogP contribution in [-0.4, -0.2) is 52.0 Å². The largest absolute Gasteiger partial charge is 0.384 e. The quantitative estimate of drug-likeness (QED) is 0.434. The Balaban J connectivity index is 1.32. The van der Waals surface area contributed by atoms with Crippen LogP contribution in [0.3, 0.4) is 0 Å². The molecule has 1 saturated carbocycles. The van der Waals surface area contributed by atoms with Crippen LogP contribution in [0.1, 0.15) is 71.1 Å². The van der Waals surface area contributed by atoms with Crippen molar-refractivity contribution in [2.24, 2.45) is 11.3 Å². The summed E-state index contributed by atoms with van der Waals surface area (Å²) in [5, 5.41) is 21.3. The highest BCUT2D eigenvalue weighted by Gasteiger charge is 2.50. The zero-order valence-electron chi connectivity index (χ0n) is 22.2. The Morgan fingerprint density at radius 1 is 1.22 bits per heavy atom. The summed E-state index contributed by atoms with van der Waals surface area (Å²) in [5.41, 5.74) is -0.000883. The van der Waals surface area contributed by atoms with Crippen LogP contribution in [0.25, 0.3) is 0 Å². The normalized spacial score (nSPS) is 23.5. The molecule has 4 rings (SSSR count). The smallest absolute Gasteiger partial charge is 0.227 e. The van der Waals surface area contributed by atoms with Gasteiger partial charge in [-0.3, -0.25) is 9.59 Å². The summed E-state index contributed by atoms with van der Waals surface area (Å²) >= 11 is 7.50. The van der Waals surface area contributed by atoms with Gasteiger partial charge in [0.25, 0.3) is 0 Å². The minimum Gasteiger partial charge on any atom is -0.384 e. The van der Waals surface area contributed by atoms with Crippen LogP contribution in [-0.2, 0) is 21.6 Å². The molecule has 2 amide bonds. The van der Waals surface area contributed by atoms with Crippen LogP contribution in [0.2, 0.25) is 5.02 Å². The molecule has 1 unspecified atom stereocenters. The van der Waals surface area contributed by atoms with Gasteiger partial charge in [0.1, 0.15) is 0 Å². The maximum Gasteiger partial charge on any atom is 0.227 e. The minimum absolute atomic E-state index is 0.0200. The van der Waals surface area contributed by atoms with Crippen molar-refractivity contribution < 1.29 is 14.7 Å². The molecule has 3 N–H and O–H groups in total. The molecular weight excluding hydrogens is 508 g/mol. The van der Waals surface area contributed by atoms with E-state index in [-0.39, 0.29) is 30.2 Å². The van der Waals surface area contributed by atoms with Gasteiger partial charge in [0.05, 0.1) is 23.6 Å². The number of nitrogens with one attached hydrogen (secondary N) is 2. The molecule has 2 aromatic rings. The predicted octanol–water partition coefficient (Wildman–Crippen LogP) is 4.98. The minimum atomic E-state index is -1.04. The van der Waals surface area contributed by atoms with E-state index in [0.29, 0.717) is 35.7 Å². The summed E-state index contributed by atoms with van der Waals surface area (Å²) in [4.78, 5) is 32.2. The van der Waals surface area contributed by atoms with Gasteiger partial charge in [-0.15, -0.1) is 11.3 Å². The number of aliphatic hydroxyl groups is 1. The number of benzene rings is 1. The monoisotopic (exact) mass is 546 g/mol. The summed E-state index contributed by atoms with van der Waals surface area (Å²) in [6.45, 7) is 8.86. The van der Waals surface area contributed by atoms with Gasteiger partial charge in [0, 0.05) is 41.0 Å². The van der Waals surface area contributed by atoms with Gasteiger partial charge in [0.15, 0.2) is 5.13 Å². The lowest BCUT2D eigenvalue weighted by Crippen LogP contribution is -2.58. The topological polar surface area (TPSA) is 94.6 Å². The SMILES string of the molecule is CC(Nc1nc(CC(=O)NC2CCCC2)cs1)[C@@H](C)C(=O)N1CC[C@](O)(c2ccc(Cl)cc2)C(C)(C)C1. The Morgan fingerprint density at radius 2 is 1.89 bits per heavy atom. The number of hydrogen-bond donors (Lipinski definition) is 3. The van der Waals surface area contributed by atoms with Crippen LogP contribution < -0.4 is 10.6 Å². The molecular formula is C28H39ClN4O3S. The Kier molecular flexibility index (Phi) is 8.51. The number of anilines is 1. The van der Waals surface area contributed by atoms with E-state index in [1.807, 2.05) is 50.1 Å². The van der Waals surface area contributed by atoms with E-state index in [9.17, 15) is 14.7 Å². The maximum absolute atomic E-state index is 13.4. The second-order valence-electron chi connectivity index (χ2n) is 11.4. The van der Waals surface area contributed by atoms with Crippen LogP contribution in [0.15, 0.2) is 29.6 Å². The van der Waals surface area contributed by atoms with E-state index in [2.05, 4.69) is 15.6 Å². The Labute approximate surface area is 229 Å². The van der Waals surface area contributed by atoms with E-state index in [4.69, 9.17) is 11.6 Å². The standard InChI is InChI=1S/C28H39ClN4O3S/c1-18(19(2)30-26-32-23(16-37-26)15-24(34)31-22-7-5-6-8-22)25(35)33-14-13-28(36,27(3,4)17-33)20-9-11-21(29)12-10-20/h9-12,16,18-19,22,36H,5-8,13-15,17H2,1-4H3,(H,30,32)(H,31,34)/t18-,19?,28+/m1/s1. The molecule has 1 aliphatic heterocycles. The van der Waals surface area contributed by atoms with Crippen LogP contribution in [0.4, 0.5) is 5.13 Å². The first kappa shape index (κ1) is 27.9. The number of hydrogen-bond acceptors (Lipinski definition) is 6. The zero-order valence-corrected chi connectivity index (χ0v) is 23.8. The number of likely N-dealkylation sites (tertiary alicyclic amines) is 1. The molecule has 37 heavy (non-hydrogen) atoms. The predicted molar refractivity (Wildman–Crippen MR) is 149 cm³/mol. The molecule has 3 atom stereocenters. The van der Waals surface area contributed by atoms with Gasteiger partial charge in [-0.25, -0.2) is 4.98 Å². The maximum atomic E-state index is 13.4. The van der Waals surface area contributed by atoms with Crippen molar-refractivity contribution in [2.45, 2.75) is 83.9 Å². The van der Waals surface area contributed by atoms with Gasteiger partial charge in [0.2, 0.25) is 11.8 Å². The van der Waals surface area contributed by atoms with Gasteiger partial charge >= 0.3 is 0 Å². The number of amides is 2. The molecule has 7 nitrogen and oxygen atoms in total. The Morgan fingerprint density at radius 3 is 2.54 bits per heavy atom. The van der Waals surface area contributed by atoms with Crippen LogP contribution in [0.5, 0.6) is 0 Å². The van der Waals surface area contributed by atoms with E-state index in [1.165, 1.54) is 24.2 Å². The highest BCUT2D eigenvalue weighted by Crippen LogP contribution is 2.46. The molecule has 1 saturated heterocycles. The van der Waals surface area contributed by atoms with Gasteiger partial charge < -0.3 is 20.6 Å². The highest BCUT2D eigenvalue weighted by atomic mass is 35.5. The third kappa shape index (κ3) is 6.29. The Bertz CT molecular complexity index is 1100. The van der Waals surface area contributed by atoms with Gasteiger partial charge in [-0.05, 0) is 43.9 Å². The Hall–Kier alpha value is -2.16. The van der Waals surface area contributed by atoms with E-state index < -0.39 is 11.0 Å². The summed E-state index contributed by atoms with van der Waals surface area (Å²) in [5.74, 6) is -0.207. The van der Waals surface area contributed by atoms with E-state index in [1.54, 1.807) is 12.1 Å². The molecule has 202 valence electrons. The van der Waals surface area contributed by atoms with Crippen molar-refractivity contribution >= 4 is 39.9 Å². The third-order valence-electron chi connectivity index (χ3n) is 8.19. The van der Waals surface area contributed by atoms with E-state index >= 15 is 0 Å². The van der Waals surface area contributed by atoms with Crippen molar-refractivity contribution in [1.29, 1.82) is 0 Å². The average molecular weight is 547 g/mol. The second kappa shape index (κ2) is 11.3. The number of nitrogens with zero attached hydrogens (tertiary/aromatic N) is 2. The fourth-order valence-corrected chi connectivity index (χ4v) is 6.49. The molecule has 9 heteroatoms. The number of carbonyl (C=O) groups excluding carboxylic acids is 2. The highest BCUT2D eigenvalue weighted by molar-refractivity contribution is 7.13. The number of halogens is 1. The summed E-state index contributed by atoms with van der Waals surface area (Å²) < 4.78 is 0. The second-order valence-corrected chi connectivity index (χ2v) is 12.6. The summed E-state index contributed by atoms with van der Waals surface area (Å²) in [6.07, 6.45) is 5.23. The number of thiazole rings is 1. The number of carbonyl (C=O) groups is 2. The first-order valence-corrected chi connectivity index (χ1v) is 14.5. The van der Waals surface area contributed by atoms with Crippen molar-refractivity contribution in [3.05, 3.63) is 45.9 Å².